The van der Waals surface area contributed by atoms with Crippen LogP contribution in [0.15, 0.2) is 107 Å². The number of thioether (sulfide) groups is 1. The third-order valence-corrected chi connectivity index (χ3v) is 11.9. The van der Waals surface area contributed by atoms with Gasteiger partial charge >= 0.3 is 6.18 Å². The molecule has 1 aromatic heterocycles. The molecule has 4 aromatic carbocycles. The Hall–Kier alpha value is -3.79. The molecule has 53 heavy (non-hydrogen) atoms. The zero-order chi connectivity index (χ0) is 37.7. The first kappa shape index (κ1) is 38.9. The van der Waals surface area contributed by atoms with Gasteiger partial charge in [-0.2, -0.15) is 13.2 Å². The lowest BCUT2D eigenvalue weighted by Crippen LogP contribution is -2.50. The smallest absolute Gasteiger partial charge is 0.383 e. The molecular weight excluding hydrogens is 824 g/mol. The topological polar surface area (TPSA) is 54.8 Å². The number of hydrogen-bond acceptors (Lipinski definition) is 5. The average Bonchev–Trinajstić information content (AvgIpc) is 3.15. The molecule has 0 aliphatic carbocycles. The van der Waals surface area contributed by atoms with Crippen LogP contribution < -0.4 is 5.43 Å². The van der Waals surface area contributed by atoms with Gasteiger partial charge in [-0.15, -0.1) is 11.8 Å². The van der Waals surface area contributed by atoms with Crippen molar-refractivity contribution in [2.24, 2.45) is 0 Å². The number of methoxy groups -OCH3 is 1. The summed E-state index contributed by atoms with van der Waals surface area (Å²) < 4.78 is 75.2. The summed E-state index contributed by atoms with van der Waals surface area (Å²) in [5, 5.41) is 0.887. The molecule has 1 fully saturated rings. The van der Waals surface area contributed by atoms with Gasteiger partial charge in [-0.05, 0) is 59.9 Å². The lowest BCUT2D eigenvalue weighted by Gasteiger charge is -2.41. The largest absolute Gasteiger partial charge is 0.416 e. The highest BCUT2D eigenvalue weighted by molar-refractivity contribution is 14.1. The Morgan fingerprint density at radius 3 is 2.34 bits per heavy atom. The normalized spacial score (nSPS) is 16.6. The lowest BCUT2D eigenvalue weighted by molar-refractivity contribution is -0.138. The number of carbonyl (C=O) groups excluding carboxylic acids is 1. The summed E-state index contributed by atoms with van der Waals surface area (Å²) in [6.07, 6.45) is -2.98. The lowest BCUT2D eigenvalue weighted by atomic mass is 10.00. The van der Waals surface area contributed by atoms with E-state index in [4.69, 9.17) is 4.74 Å². The summed E-state index contributed by atoms with van der Waals surface area (Å²) in [6.45, 7) is 2.31. The Labute approximate surface area is 322 Å². The molecule has 6 nitrogen and oxygen atoms in total. The molecule has 2 heterocycles. The second-order valence-electron chi connectivity index (χ2n) is 12.9. The van der Waals surface area contributed by atoms with E-state index in [-0.39, 0.29) is 45.8 Å². The summed E-state index contributed by atoms with van der Waals surface area (Å²) in [4.78, 5) is 32.0. The van der Waals surface area contributed by atoms with E-state index in [1.807, 2.05) is 29.2 Å². The maximum Gasteiger partial charge on any atom is 0.416 e. The number of amides is 1. The van der Waals surface area contributed by atoms with Gasteiger partial charge in [0.05, 0.1) is 26.8 Å². The highest BCUT2D eigenvalue weighted by Crippen LogP contribution is 2.33. The average molecular weight is 862 g/mol. The van der Waals surface area contributed by atoms with Gasteiger partial charge in [0.15, 0.2) is 17.1 Å². The molecule has 0 saturated carbocycles. The Morgan fingerprint density at radius 1 is 0.962 bits per heavy atom. The number of likely N-dealkylation sites (tertiary alicyclic amines) is 1. The Kier molecular flexibility index (Phi) is 12.6. The van der Waals surface area contributed by atoms with E-state index in [2.05, 4.69) is 27.5 Å². The van der Waals surface area contributed by atoms with E-state index >= 15 is 0 Å². The molecule has 0 bridgehead atoms. The molecule has 1 saturated heterocycles. The maximum absolute atomic E-state index is 14.6. The molecule has 6 rings (SSSR count). The standard InChI is InChI=1S/C40H37F5IN3O3S/c1-52-20-19-47-18-17-31(21-36(47)46)48(23-26-9-11-27(12-10-26)28-13-15-30(16-14-28)40(43,44)45)37(51)24-49-34-8-3-2-6-32(34)35(50)22-38(49)53-25-29-5-4-7-33(41)39(29)42/h2-16,22,31,36H,17-21,23-25H2,1H3. The Morgan fingerprint density at radius 2 is 1.66 bits per heavy atom. The summed E-state index contributed by atoms with van der Waals surface area (Å²) in [7, 11) is 1.67. The fourth-order valence-electron chi connectivity index (χ4n) is 6.59. The van der Waals surface area contributed by atoms with Crippen LogP contribution in [-0.2, 0) is 34.6 Å². The minimum Gasteiger partial charge on any atom is -0.383 e. The van der Waals surface area contributed by atoms with Gasteiger partial charge in [-0.25, -0.2) is 8.78 Å². The molecule has 0 spiro atoms. The number of nitrogens with zero attached hydrogens (tertiary/aromatic N) is 3. The molecule has 0 radical (unpaired) electrons. The van der Waals surface area contributed by atoms with Gasteiger partial charge in [0.1, 0.15) is 6.54 Å². The number of carbonyl (C=O) groups is 1. The van der Waals surface area contributed by atoms with Crippen LogP contribution >= 0.6 is 34.4 Å². The van der Waals surface area contributed by atoms with Crippen LogP contribution in [0.1, 0.15) is 29.5 Å². The van der Waals surface area contributed by atoms with Crippen molar-refractivity contribution < 1.29 is 31.5 Å². The number of halogens is 6. The number of benzene rings is 4. The van der Waals surface area contributed by atoms with Crippen molar-refractivity contribution in [3.63, 3.8) is 0 Å². The fourth-order valence-corrected chi connectivity index (χ4v) is 8.77. The molecule has 2 atom stereocenters. The second-order valence-corrected chi connectivity index (χ2v) is 15.3. The van der Waals surface area contributed by atoms with E-state index in [9.17, 15) is 31.5 Å². The van der Waals surface area contributed by atoms with Crippen molar-refractivity contribution in [3.05, 3.63) is 136 Å². The number of fused-ring (bicyclic) bond motifs is 1. The molecule has 1 aliphatic rings. The predicted molar refractivity (Wildman–Crippen MR) is 206 cm³/mol. The van der Waals surface area contributed by atoms with E-state index in [1.54, 1.807) is 35.9 Å². The van der Waals surface area contributed by atoms with Crippen molar-refractivity contribution in [1.29, 1.82) is 0 Å². The molecule has 1 aliphatic heterocycles. The predicted octanol–water partition coefficient (Wildman–Crippen LogP) is 9.16. The number of ether oxygens (including phenoxy) is 1. The number of para-hydroxylation sites is 1. The minimum atomic E-state index is -4.42. The molecule has 0 N–H and O–H groups in total. The first-order chi connectivity index (χ1) is 25.4. The number of rotatable bonds is 12. The van der Waals surface area contributed by atoms with Crippen LogP contribution in [0.4, 0.5) is 22.0 Å². The van der Waals surface area contributed by atoms with E-state index < -0.39 is 23.4 Å². The van der Waals surface area contributed by atoms with E-state index in [1.165, 1.54) is 30.3 Å². The van der Waals surface area contributed by atoms with Gasteiger partial charge in [0.2, 0.25) is 5.91 Å². The van der Waals surface area contributed by atoms with Crippen molar-refractivity contribution >= 4 is 51.2 Å². The van der Waals surface area contributed by atoms with Crippen molar-refractivity contribution in [3.8, 4) is 11.1 Å². The molecule has 5 aromatic rings. The maximum atomic E-state index is 14.6. The Bertz CT molecular complexity index is 2110. The van der Waals surface area contributed by atoms with E-state index in [0.717, 1.165) is 60.6 Å². The molecule has 2 unspecified atom stereocenters. The monoisotopic (exact) mass is 861 g/mol. The van der Waals surface area contributed by atoms with Crippen LogP contribution in [-0.4, -0.2) is 57.2 Å². The highest BCUT2D eigenvalue weighted by Gasteiger charge is 2.33. The van der Waals surface area contributed by atoms with Crippen LogP contribution in [0.3, 0.4) is 0 Å². The number of alkyl halides is 4. The molecular formula is C40H37F5IN3O3S. The van der Waals surface area contributed by atoms with Gasteiger partial charge in [0, 0.05) is 55.6 Å². The SMILES string of the molecule is COCCN1CCC(N(Cc2ccc(-c3ccc(C(F)(F)F)cc3)cc2)C(=O)Cn2c(SCc3cccc(F)c3F)cc(=O)c3ccccc32)CC1I. The van der Waals surface area contributed by atoms with Crippen LogP contribution in [0, 0.1) is 11.6 Å². The van der Waals surface area contributed by atoms with Crippen molar-refractivity contribution in [1.82, 2.24) is 14.4 Å². The van der Waals surface area contributed by atoms with Crippen LogP contribution in [0.25, 0.3) is 22.0 Å². The Balaban J connectivity index is 1.30. The van der Waals surface area contributed by atoms with Crippen LogP contribution in [0.5, 0.6) is 0 Å². The zero-order valence-corrected chi connectivity index (χ0v) is 31.8. The van der Waals surface area contributed by atoms with Crippen molar-refractivity contribution in [2.75, 3.05) is 26.8 Å². The second kappa shape index (κ2) is 17.1. The highest BCUT2D eigenvalue weighted by atomic mass is 127. The first-order valence-electron chi connectivity index (χ1n) is 17.0. The third-order valence-electron chi connectivity index (χ3n) is 9.49. The molecule has 278 valence electrons. The van der Waals surface area contributed by atoms with Crippen molar-refractivity contribution in [2.45, 2.75) is 53.0 Å². The number of piperidine rings is 1. The fraction of sp³-hybridized carbons (Fsp3) is 0.300. The van der Waals surface area contributed by atoms with Crippen LogP contribution in [0.2, 0.25) is 0 Å². The molecule has 13 heteroatoms. The van der Waals surface area contributed by atoms with E-state index in [0.29, 0.717) is 34.5 Å². The summed E-state index contributed by atoms with van der Waals surface area (Å²) in [6, 6.07) is 24.8. The quantitative estimate of drug-likeness (QED) is 0.0412. The summed E-state index contributed by atoms with van der Waals surface area (Å²) >= 11 is 3.56. The first-order valence-corrected chi connectivity index (χ1v) is 19.3. The number of hydrogen-bond donors (Lipinski definition) is 0. The zero-order valence-electron chi connectivity index (χ0n) is 28.8. The van der Waals surface area contributed by atoms with Gasteiger partial charge < -0.3 is 14.2 Å². The van der Waals surface area contributed by atoms with Gasteiger partial charge in [-0.1, -0.05) is 83.3 Å². The number of pyridine rings is 1. The van der Waals surface area contributed by atoms with Gasteiger partial charge in [0.25, 0.3) is 0 Å². The van der Waals surface area contributed by atoms with Gasteiger partial charge in [-0.3, -0.25) is 14.5 Å². The third kappa shape index (κ3) is 9.30. The minimum absolute atomic E-state index is 0.0427. The summed E-state index contributed by atoms with van der Waals surface area (Å²) in [5.41, 5.74) is 1.97. The molecule has 1 amide bonds. The summed E-state index contributed by atoms with van der Waals surface area (Å²) in [5.74, 6) is -2.05. The number of aromatic nitrogens is 1.